The topological polar surface area (TPSA) is 85.5 Å². The van der Waals surface area contributed by atoms with Crippen LogP contribution in [0.15, 0.2) is 0 Å². The summed E-state index contributed by atoms with van der Waals surface area (Å²) in [6.07, 6.45) is 2.48. The zero-order valence-electron chi connectivity index (χ0n) is 19.0. The Morgan fingerprint density at radius 1 is 1.06 bits per heavy atom. The van der Waals surface area contributed by atoms with Crippen LogP contribution in [0.4, 0.5) is 13.2 Å². The van der Waals surface area contributed by atoms with Crippen LogP contribution in [0.1, 0.15) is 44.9 Å². The zero-order chi connectivity index (χ0) is 23.4. The molecule has 4 aliphatic heterocycles. The van der Waals surface area contributed by atoms with Crippen LogP contribution in [0.2, 0.25) is 0 Å². The number of amides is 2. The molecule has 2 amide bonds. The van der Waals surface area contributed by atoms with Crippen molar-refractivity contribution in [1.82, 2.24) is 26.2 Å². The Morgan fingerprint density at radius 2 is 1.85 bits per heavy atom. The molecule has 4 rings (SSSR count). The van der Waals surface area contributed by atoms with Crippen molar-refractivity contribution in [2.75, 3.05) is 38.5 Å². The summed E-state index contributed by atoms with van der Waals surface area (Å²) < 4.78 is 38.4. The first-order valence-corrected chi connectivity index (χ1v) is 13.3. The zero-order valence-corrected chi connectivity index (χ0v) is 19.8. The van der Waals surface area contributed by atoms with Crippen LogP contribution in [0, 0.1) is 11.8 Å². The van der Waals surface area contributed by atoms with Gasteiger partial charge >= 0.3 is 6.18 Å². The lowest BCUT2D eigenvalue weighted by Crippen LogP contribution is -2.50. The van der Waals surface area contributed by atoms with Gasteiger partial charge in [0.25, 0.3) is 0 Å². The quantitative estimate of drug-likeness (QED) is 0.404. The summed E-state index contributed by atoms with van der Waals surface area (Å²) in [6.45, 7) is 3.93. The van der Waals surface area contributed by atoms with Crippen molar-refractivity contribution in [3.63, 3.8) is 0 Å². The summed E-state index contributed by atoms with van der Waals surface area (Å²) in [7, 11) is 0. The lowest BCUT2D eigenvalue weighted by molar-refractivity contribution is -0.141. The normalized spacial score (nSPS) is 33.2. The fourth-order valence-electron chi connectivity index (χ4n) is 5.56. The molecule has 0 radical (unpaired) electrons. The summed E-state index contributed by atoms with van der Waals surface area (Å²) >= 11 is 0.761. The Labute approximate surface area is 197 Å². The van der Waals surface area contributed by atoms with Gasteiger partial charge in [0.15, 0.2) is 5.37 Å². The second-order valence-electron chi connectivity index (χ2n) is 9.84. The van der Waals surface area contributed by atoms with Gasteiger partial charge in [0, 0.05) is 31.4 Å². The number of likely N-dealkylation sites (tertiary alicyclic amines) is 1. The number of carbonyl (C=O) groups is 2. The van der Waals surface area contributed by atoms with Crippen molar-refractivity contribution in [2.24, 2.45) is 11.8 Å². The minimum atomic E-state index is -4.32. The number of unbranched alkanes of at least 4 members (excludes halogenated alkanes) is 1. The lowest BCUT2D eigenvalue weighted by Gasteiger charge is -2.33. The standard InChI is InChI=1S/C22H36F3N5O2S/c23-22(24,25)21-29-18(13-33-21)20(32)30-9-5-14(6-10-30)3-1-2-7-27-19(31)17-11-15-12-26-8-4-16(15)28-17/h14-18,21,26,28-29H,1-13H2,(H,27,31). The number of hydrogen-bond donors (Lipinski definition) is 4. The van der Waals surface area contributed by atoms with Gasteiger partial charge in [-0.2, -0.15) is 13.2 Å². The Morgan fingerprint density at radius 3 is 2.55 bits per heavy atom. The van der Waals surface area contributed by atoms with Crippen LogP contribution in [-0.2, 0) is 9.59 Å². The third kappa shape index (κ3) is 6.55. The number of nitrogens with zero attached hydrogens (tertiary/aromatic N) is 1. The molecule has 4 N–H and O–H groups in total. The van der Waals surface area contributed by atoms with Crippen molar-refractivity contribution in [1.29, 1.82) is 0 Å². The molecule has 188 valence electrons. The highest BCUT2D eigenvalue weighted by Crippen LogP contribution is 2.34. The maximum Gasteiger partial charge on any atom is 0.413 e. The molecule has 0 aromatic heterocycles. The molecular weight excluding hydrogens is 455 g/mol. The first kappa shape index (κ1) is 25.1. The van der Waals surface area contributed by atoms with Gasteiger partial charge in [-0.1, -0.05) is 12.8 Å². The van der Waals surface area contributed by atoms with Gasteiger partial charge in [-0.25, -0.2) is 0 Å². The number of thioether (sulfide) groups is 1. The van der Waals surface area contributed by atoms with Crippen LogP contribution < -0.4 is 21.3 Å². The second-order valence-corrected chi connectivity index (χ2v) is 11.0. The molecule has 11 heteroatoms. The second kappa shape index (κ2) is 11.1. The molecule has 4 fully saturated rings. The van der Waals surface area contributed by atoms with E-state index >= 15 is 0 Å². The van der Waals surface area contributed by atoms with Gasteiger partial charge < -0.3 is 20.9 Å². The average molecular weight is 492 g/mol. The van der Waals surface area contributed by atoms with E-state index in [0.717, 1.165) is 69.8 Å². The maximum atomic E-state index is 12.8. The molecule has 0 bridgehead atoms. The molecule has 4 heterocycles. The number of fused-ring (bicyclic) bond motifs is 1. The lowest BCUT2D eigenvalue weighted by atomic mass is 9.91. The monoisotopic (exact) mass is 491 g/mol. The molecule has 7 nitrogen and oxygen atoms in total. The van der Waals surface area contributed by atoms with Crippen LogP contribution in [0.3, 0.4) is 0 Å². The van der Waals surface area contributed by atoms with E-state index in [9.17, 15) is 22.8 Å². The van der Waals surface area contributed by atoms with Crippen LogP contribution in [0.25, 0.3) is 0 Å². The van der Waals surface area contributed by atoms with Crippen molar-refractivity contribution in [3.8, 4) is 0 Å². The number of piperidine rings is 2. The molecule has 4 saturated heterocycles. The SMILES string of the molecule is O=C(NCCCCC1CCN(C(=O)C2CSC(C(F)(F)F)N2)CC1)C1CC2CNCCC2N1. The van der Waals surface area contributed by atoms with E-state index in [4.69, 9.17) is 0 Å². The minimum Gasteiger partial charge on any atom is -0.355 e. The fraction of sp³-hybridized carbons (Fsp3) is 0.909. The third-order valence-corrected chi connectivity index (χ3v) is 8.78. The highest BCUT2D eigenvalue weighted by molar-refractivity contribution is 8.00. The van der Waals surface area contributed by atoms with Gasteiger partial charge in [0.1, 0.15) is 0 Å². The Balaban J connectivity index is 1.06. The van der Waals surface area contributed by atoms with Crippen molar-refractivity contribution in [3.05, 3.63) is 0 Å². The molecule has 0 aliphatic carbocycles. The van der Waals surface area contributed by atoms with Crippen LogP contribution >= 0.6 is 11.8 Å². The Hall–Kier alpha value is -1.04. The van der Waals surface area contributed by atoms with Gasteiger partial charge in [0.2, 0.25) is 11.8 Å². The molecule has 0 spiro atoms. The molecule has 0 saturated carbocycles. The number of carbonyl (C=O) groups excluding carboxylic acids is 2. The number of rotatable bonds is 7. The molecule has 0 aromatic carbocycles. The van der Waals surface area contributed by atoms with Crippen molar-refractivity contribution >= 4 is 23.6 Å². The maximum absolute atomic E-state index is 12.8. The summed E-state index contributed by atoms with van der Waals surface area (Å²) in [5, 5.41) is 10.7. The van der Waals surface area contributed by atoms with Gasteiger partial charge in [0.05, 0.1) is 12.1 Å². The molecular formula is C22H36F3N5O2S. The fourth-order valence-corrected chi connectivity index (χ4v) is 6.63. The first-order valence-electron chi connectivity index (χ1n) is 12.3. The molecule has 0 aromatic rings. The highest BCUT2D eigenvalue weighted by Gasteiger charge is 2.47. The van der Waals surface area contributed by atoms with E-state index in [1.54, 1.807) is 4.90 Å². The van der Waals surface area contributed by atoms with Crippen LogP contribution in [-0.4, -0.2) is 84.9 Å². The van der Waals surface area contributed by atoms with E-state index in [1.165, 1.54) is 0 Å². The number of hydrogen-bond acceptors (Lipinski definition) is 6. The summed E-state index contributed by atoms with van der Waals surface area (Å²) in [5.74, 6) is 1.17. The summed E-state index contributed by atoms with van der Waals surface area (Å²) in [4.78, 5) is 26.7. The number of nitrogens with one attached hydrogen (secondary N) is 4. The Kier molecular flexibility index (Phi) is 8.46. The van der Waals surface area contributed by atoms with Gasteiger partial charge in [-0.15, -0.1) is 11.8 Å². The first-order chi connectivity index (χ1) is 15.8. The van der Waals surface area contributed by atoms with E-state index in [2.05, 4.69) is 21.3 Å². The Bertz CT molecular complexity index is 675. The van der Waals surface area contributed by atoms with Gasteiger partial charge in [-0.3, -0.25) is 14.9 Å². The number of halogens is 3. The van der Waals surface area contributed by atoms with Crippen LogP contribution in [0.5, 0.6) is 0 Å². The highest BCUT2D eigenvalue weighted by atomic mass is 32.2. The summed E-state index contributed by atoms with van der Waals surface area (Å²) in [6, 6.07) is -0.341. The molecule has 5 unspecified atom stereocenters. The van der Waals surface area contributed by atoms with E-state index < -0.39 is 17.6 Å². The average Bonchev–Trinajstić information content (AvgIpc) is 3.46. The van der Waals surface area contributed by atoms with E-state index in [1.807, 2.05) is 0 Å². The number of alkyl halides is 3. The van der Waals surface area contributed by atoms with E-state index in [-0.39, 0.29) is 23.6 Å². The van der Waals surface area contributed by atoms with E-state index in [0.29, 0.717) is 37.5 Å². The molecule has 4 aliphatic rings. The predicted octanol–water partition coefficient (Wildman–Crippen LogP) is 1.44. The smallest absolute Gasteiger partial charge is 0.355 e. The van der Waals surface area contributed by atoms with Gasteiger partial charge in [-0.05, 0) is 57.0 Å². The largest absolute Gasteiger partial charge is 0.413 e. The third-order valence-electron chi connectivity index (χ3n) is 7.52. The van der Waals surface area contributed by atoms with Crippen molar-refractivity contribution in [2.45, 2.75) is 74.6 Å². The molecule has 33 heavy (non-hydrogen) atoms. The van der Waals surface area contributed by atoms with Crippen molar-refractivity contribution < 1.29 is 22.8 Å². The molecule has 5 atom stereocenters. The predicted molar refractivity (Wildman–Crippen MR) is 122 cm³/mol. The minimum absolute atomic E-state index is 0.0686. The summed E-state index contributed by atoms with van der Waals surface area (Å²) in [5.41, 5.74) is 0.